The fourth-order valence-electron chi connectivity index (χ4n) is 2.83. The summed E-state index contributed by atoms with van der Waals surface area (Å²) in [7, 11) is -0.800. The van der Waals surface area contributed by atoms with Crippen LogP contribution < -0.4 is 14.2 Å². The zero-order chi connectivity index (χ0) is 27.1. The van der Waals surface area contributed by atoms with E-state index in [-0.39, 0.29) is 17.2 Å². The molecule has 0 atom stereocenters. The van der Waals surface area contributed by atoms with E-state index in [9.17, 15) is 27.6 Å². The highest BCUT2D eigenvalue weighted by molar-refractivity contribution is 7.97. The Morgan fingerprint density at radius 3 is 0.892 bits per heavy atom. The van der Waals surface area contributed by atoms with Crippen LogP contribution >= 0.6 is 0 Å². The van der Waals surface area contributed by atoms with E-state index in [1.807, 2.05) is 0 Å². The summed E-state index contributed by atoms with van der Waals surface area (Å²) >= 11 is 0. The van der Waals surface area contributed by atoms with Crippen molar-refractivity contribution in [2.24, 2.45) is 0 Å². The molecule has 10 heteroatoms. The van der Waals surface area contributed by atoms with E-state index in [0.717, 1.165) is 14.7 Å². The molecule has 0 spiro atoms. The average molecular weight is 527 g/mol. The van der Waals surface area contributed by atoms with Crippen molar-refractivity contribution in [1.82, 2.24) is 0 Å². The number of rotatable bonds is 9. The Hall–Kier alpha value is -4.57. The number of hydrogen-bond acceptors (Lipinski definition) is 6. The Morgan fingerprint density at radius 2 is 0.703 bits per heavy atom. The second-order valence-electron chi connectivity index (χ2n) is 7.10. The molecule has 0 saturated heterocycles. The minimum absolute atomic E-state index is 0.0959. The minimum atomic E-state index is -1.24. The van der Waals surface area contributed by atoms with Gasteiger partial charge in [-0.15, -0.1) is 0 Å². The van der Waals surface area contributed by atoms with E-state index < -0.39 is 46.3 Å². The summed E-state index contributed by atoms with van der Waals surface area (Å²) in [5.74, 6) is -7.07. The van der Waals surface area contributed by atoms with E-state index in [1.54, 1.807) is 36.4 Å². The Labute approximate surface area is 212 Å². The molecule has 3 aromatic carbocycles. The normalized spacial score (nSPS) is 10.4. The molecule has 3 aromatic rings. The van der Waals surface area contributed by atoms with Crippen LogP contribution in [0.15, 0.2) is 125 Å². The van der Waals surface area contributed by atoms with Crippen LogP contribution in [0.25, 0.3) is 0 Å². The molecule has 0 bridgehead atoms. The molecule has 0 saturated carbocycles. The average Bonchev–Trinajstić information content (AvgIpc) is 2.87. The third kappa shape index (κ3) is 7.21. The van der Waals surface area contributed by atoms with Gasteiger partial charge >= 0.3 is 17.9 Å². The van der Waals surface area contributed by atoms with E-state index in [2.05, 4.69) is 19.7 Å². The van der Waals surface area contributed by atoms with Gasteiger partial charge in [-0.25, -0.2) is 14.4 Å². The van der Waals surface area contributed by atoms with Crippen LogP contribution in [0, 0.1) is 0 Å². The first-order valence-electron chi connectivity index (χ1n) is 10.3. The number of hydrogen-bond donors (Lipinski definition) is 0. The predicted molar refractivity (Wildman–Crippen MR) is 129 cm³/mol. The fourth-order valence-corrected chi connectivity index (χ4v) is 4.87. The molecular formula is C27H18F3O6S+. The number of benzene rings is 3. The van der Waals surface area contributed by atoms with Crippen molar-refractivity contribution < 1.29 is 41.8 Å². The van der Waals surface area contributed by atoms with Crippen LogP contribution in [0.5, 0.6) is 17.2 Å². The summed E-state index contributed by atoms with van der Waals surface area (Å²) in [5.41, 5.74) is 0. The predicted octanol–water partition coefficient (Wildman–Crippen LogP) is 5.95. The molecule has 0 aliphatic heterocycles. The van der Waals surface area contributed by atoms with Gasteiger partial charge in [0.15, 0.2) is 14.7 Å². The highest BCUT2D eigenvalue weighted by Gasteiger charge is 2.29. The second kappa shape index (κ2) is 11.9. The first-order chi connectivity index (χ1) is 17.5. The van der Waals surface area contributed by atoms with Gasteiger partial charge in [0.1, 0.15) is 17.2 Å². The van der Waals surface area contributed by atoms with Crippen molar-refractivity contribution in [1.29, 1.82) is 0 Å². The third-order valence-electron chi connectivity index (χ3n) is 4.47. The van der Waals surface area contributed by atoms with Gasteiger partial charge in [-0.05, 0) is 72.8 Å². The van der Waals surface area contributed by atoms with Gasteiger partial charge in [0.2, 0.25) is 17.5 Å². The number of ether oxygens (including phenoxy) is 3. The maximum absolute atomic E-state index is 13.0. The standard InChI is InChI=1S/C27H18F3O6S/c1-16(28)25(31)34-19-4-10-22(11-5-19)37(23-12-6-20(7-13-23)35-26(32)17(2)29)24-14-8-21(9-15-24)36-27(33)18(3)30/h4-15H,1-3H2/q+1. The largest absolute Gasteiger partial charge is 0.421 e. The summed E-state index contributed by atoms with van der Waals surface area (Å²) in [4.78, 5) is 36.6. The Bertz CT molecular complexity index is 1200. The molecule has 0 radical (unpaired) electrons. The van der Waals surface area contributed by atoms with E-state index in [1.165, 1.54) is 36.4 Å². The van der Waals surface area contributed by atoms with Gasteiger partial charge in [-0.1, -0.05) is 19.7 Å². The molecule has 188 valence electrons. The number of halogens is 3. The van der Waals surface area contributed by atoms with E-state index >= 15 is 0 Å². The van der Waals surface area contributed by atoms with Crippen LogP contribution in [0.2, 0.25) is 0 Å². The van der Waals surface area contributed by atoms with Crippen molar-refractivity contribution in [3.8, 4) is 17.2 Å². The Balaban J connectivity index is 1.95. The van der Waals surface area contributed by atoms with Crippen LogP contribution in [0.4, 0.5) is 13.2 Å². The molecule has 0 amide bonds. The number of carbonyl (C=O) groups excluding carboxylic acids is 3. The highest BCUT2D eigenvalue weighted by Crippen LogP contribution is 2.34. The summed E-state index contributed by atoms with van der Waals surface area (Å²) in [5, 5.41) is 0. The molecule has 6 nitrogen and oxygen atoms in total. The quantitative estimate of drug-likeness (QED) is 0.148. The first-order valence-corrected chi connectivity index (χ1v) is 11.5. The molecule has 0 unspecified atom stereocenters. The van der Waals surface area contributed by atoms with Crippen molar-refractivity contribution in [2.75, 3.05) is 0 Å². The summed E-state index contributed by atoms with van der Waals surface area (Å²) < 4.78 is 53.5. The molecular weight excluding hydrogens is 509 g/mol. The van der Waals surface area contributed by atoms with Crippen LogP contribution in [0.3, 0.4) is 0 Å². The summed E-state index contributed by atoms with van der Waals surface area (Å²) in [6, 6.07) is 18.8. The van der Waals surface area contributed by atoms with Gasteiger partial charge in [0, 0.05) is 0 Å². The Morgan fingerprint density at radius 1 is 0.486 bits per heavy atom. The molecule has 0 heterocycles. The smallest absolute Gasteiger partial charge is 0.371 e. The van der Waals surface area contributed by atoms with E-state index in [0.29, 0.717) is 0 Å². The van der Waals surface area contributed by atoms with E-state index in [4.69, 9.17) is 14.2 Å². The molecule has 0 aliphatic carbocycles. The third-order valence-corrected chi connectivity index (χ3v) is 6.71. The number of esters is 3. The van der Waals surface area contributed by atoms with Gasteiger partial charge in [0.05, 0.1) is 10.9 Å². The summed E-state index contributed by atoms with van der Waals surface area (Å²) in [6.45, 7) is 8.68. The lowest BCUT2D eigenvalue weighted by Crippen LogP contribution is -2.10. The van der Waals surface area contributed by atoms with Crippen LogP contribution in [-0.2, 0) is 25.3 Å². The van der Waals surface area contributed by atoms with Crippen molar-refractivity contribution in [3.05, 3.63) is 110 Å². The van der Waals surface area contributed by atoms with Gasteiger partial charge in [0.25, 0.3) is 0 Å². The SMILES string of the molecule is C=C(F)C(=O)Oc1ccc([S+](c2ccc(OC(=O)C(=C)F)cc2)c2ccc(OC(=O)C(=C)F)cc2)cc1. The topological polar surface area (TPSA) is 78.9 Å². The maximum Gasteiger partial charge on any atom is 0.371 e. The van der Waals surface area contributed by atoms with Gasteiger partial charge in [-0.2, -0.15) is 13.2 Å². The minimum Gasteiger partial charge on any atom is -0.421 e. The fraction of sp³-hybridized carbons (Fsp3) is 0. The summed E-state index contributed by atoms with van der Waals surface area (Å²) in [6.07, 6.45) is 0. The van der Waals surface area contributed by atoms with Crippen molar-refractivity contribution in [2.45, 2.75) is 14.7 Å². The Kier molecular flexibility index (Phi) is 8.70. The van der Waals surface area contributed by atoms with Crippen molar-refractivity contribution in [3.63, 3.8) is 0 Å². The van der Waals surface area contributed by atoms with Gasteiger partial charge in [-0.3, -0.25) is 0 Å². The molecule has 37 heavy (non-hydrogen) atoms. The molecule has 0 aromatic heterocycles. The van der Waals surface area contributed by atoms with Crippen LogP contribution in [0.1, 0.15) is 0 Å². The zero-order valence-electron chi connectivity index (χ0n) is 19.0. The molecule has 3 rings (SSSR count). The van der Waals surface area contributed by atoms with Crippen molar-refractivity contribution >= 4 is 28.8 Å². The second-order valence-corrected chi connectivity index (χ2v) is 9.13. The lowest BCUT2D eigenvalue weighted by Gasteiger charge is -2.10. The first kappa shape index (κ1) is 27.0. The highest BCUT2D eigenvalue weighted by atomic mass is 32.2. The zero-order valence-corrected chi connectivity index (χ0v) is 19.9. The maximum atomic E-state index is 13.0. The van der Waals surface area contributed by atoms with Gasteiger partial charge < -0.3 is 14.2 Å². The molecule has 0 N–H and O–H groups in total. The lowest BCUT2D eigenvalue weighted by atomic mass is 10.3. The molecule has 0 fully saturated rings. The number of carbonyl (C=O) groups is 3. The monoisotopic (exact) mass is 527 g/mol. The van der Waals surface area contributed by atoms with Crippen LogP contribution in [-0.4, -0.2) is 17.9 Å². The lowest BCUT2D eigenvalue weighted by molar-refractivity contribution is -0.132. The molecule has 0 aliphatic rings.